The first-order valence-electron chi connectivity index (χ1n) is 7.84. The van der Waals surface area contributed by atoms with Crippen LogP contribution in [0, 0.1) is 10.1 Å². The van der Waals surface area contributed by atoms with Gasteiger partial charge in [-0.15, -0.1) is 0 Å². The van der Waals surface area contributed by atoms with Crippen LogP contribution in [0.4, 0.5) is 5.69 Å². The average Bonchev–Trinajstić information content (AvgIpc) is 2.60. The molecule has 124 valence electrons. The second-order valence-electron chi connectivity index (χ2n) is 5.93. The standard InChI is InChI=1S/C18H19N3O3/c1-19-18(22)17-10-14-6-2-3-7-15(14)12-20(17)11-13-5-4-8-16(9-13)21(23)24/h2-9,17H,10-12H2,1H3,(H,19,22)/t17-/m1/s1. The van der Waals surface area contributed by atoms with Gasteiger partial charge in [0.2, 0.25) is 5.91 Å². The Balaban J connectivity index is 1.88. The van der Waals surface area contributed by atoms with Gasteiger partial charge in [0.25, 0.3) is 5.69 Å². The van der Waals surface area contributed by atoms with Crippen LogP contribution >= 0.6 is 0 Å². The first-order valence-corrected chi connectivity index (χ1v) is 7.84. The van der Waals surface area contributed by atoms with Crippen LogP contribution in [0.3, 0.4) is 0 Å². The lowest BCUT2D eigenvalue weighted by molar-refractivity contribution is -0.384. The van der Waals surface area contributed by atoms with Crippen LogP contribution in [0.1, 0.15) is 16.7 Å². The molecule has 2 aromatic carbocycles. The largest absolute Gasteiger partial charge is 0.358 e. The summed E-state index contributed by atoms with van der Waals surface area (Å²) in [5, 5.41) is 13.7. The number of amides is 1. The molecule has 0 spiro atoms. The molecule has 0 saturated heterocycles. The lowest BCUT2D eigenvalue weighted by atomic mass is 9.93. The quantitative estimate of drug-likeness (QED) is 0.691. The van der Waals surface area contributed by atoms with Gasteiger partial charge in [0.05, 0.1) is 11.0 Å². The van der Waals surface area contributed by atoms with Crippen molar-refractivity contribution in [3.63, 3.8) is 0 Å². The molecule has 0 aromatic heterocycles. The minimum atomic E-state index is -0.398. The molecule has 0 aliphatic carbocycles. The second-order valence-corrected chi connectivity index (χ2v) is 5.93. The number of nitrogens with zero attached hydrogens (tertiary/aromatic N) is 2. The molecule has 1 amide bonds. The highest BCUT2D eigenvalue weighted by atomic mass is 16.6. The number of hydrogen-bond donors (Lipinski definition) is 1. The number of carbonyl (C=O) groups is 1. The number of benzene rings is 2. The van der Waals surface area contributed by atoms with Crippen LogP contribution in [0.25, 0.3) is 0 Å². The summed E-state index contributed by atoms with van der Waals surface area (Å²) >= 11 is 0. The van der Waals surface area contributed by atoms with Crippen LogP contribution in [0.15, 0.2) is 48.5 Å². The van der Waals surface area contributed by atoms with E-state index >= 15 is 0 Å². The molecule has 1 N–H and O–H groups in total. The Bertz CT molecular complexity index is 776. The first kappa shape index (κ1) is 16.1. The van der Waals surface area contributed by atoms with E-state index in [1.807, 2.05) is 18.2 Å². The normalized spacial score (nSPS) is 17.1. The molecular formula is C18H19N3O3. The van der Waals surface area contributed by atoms with Gasteiger partial charge >= 0.3 is 0 Å². The van der Waals surface area contributed by atoms with E-state index in [4.69, 9.17) is 0 Å². The molecule has 0 bridgehead atoms. The SMILES string of the molecule is CNC(=O)[C@H]1Cc2ccccc2CN1Cc1cccc([N+](=O)[O-])c1. The Hall–Kier alpha value is -2.73. The fourth-order valence-electron chi connectivity index (χ4n) is 3.17. The number of fused-ring (bicyclic) bond motifs is 1. The third kappa shape index (κ3) is 3.28. The zero-order chi connectivity index (χ0) is 17.1. The van der Waals surface area contributed by atoms with E-state index in [1.54, 1.807) is 19.2 Å². The highest BCUT2D eigenvalue weighted by Crippen LogP contribution is 2.26. The topological polar surface area (TPSA) is 75.5 Å². The minimum Gasteiger partial charge on any atom is -0.358 e. The van der Waals surface area contributed by atoms with Crippen molar-refractivity contribution in [2.24, 2.45) is 0 Å². The number of likely N-dealkylation sites (N-methyl/N-ethyl adjacent to an activating group) is 1. The summed E-state index contributed by atoms with van der Waals surface area (Å²) in [5.74, 6) is -0.0325. The third-order valence-electron chi connectivity index (χ3n) is 4.40. The van der Waals surface area contributed by atoms with Crippen molar-refractivity contribution >= 4 is 11.6 Å². The summed E-state index contributed by atoms with van der Waals surface area (Å²) in [5.41, 5.74) is 3.28. The number of nitrogens with one attached hydrogen (secondary N) is 1. The zero-order valence-electron chi connectivity index (χ0n) is 13.4. The number of hydrogen-bond acceptors (Lipinski definition) is 4. The molecule has 0 fully saturated rings. The van der Waals surface area contributed by atoms with Gasteiger partial charge in [-0.2, -0.15) is 0 Å². The minimum absolute atomic E-state index is 0.0325. The Labute approximate surface area is 140 Å². The Kier molecular flexibility index (Phi) is 4.57. The maximum atomic E-state index is 12.3. The molecule has 0 saturated carbocycles. The van der Waals surface area contributed by atoms with Crippen molar-refractivity contribution in [1.82, 2.24) is 10.2 Å². The van der Waals surface area contributed by atoms with Gasteiger partial charge < -0.3 is 5.32 Å². The molecule has 0 radical (unpaired) electrons. The van der Waals surface area contributed by atoms with E-state index in [2.05, 4.69) is 22.3 Å². The van der Waals surface area contributed by atoms with E-state index in [-0.39, 0.29) is 17.6 Å². The number of nitro benzene ring substituents is 1. The lowest BCUT2D eigenvalue weighted by Crippen LogP contribution is -2.49. The predicted octanol–water partition coefficient (Wildman–Crippen LogP) is 2.27. The fourth-order valence-corrected chi connectivity index (χ4v) is 3.17. The summed E-state index contributed by atoms with van der Waals surface area (Å²) in [4.78, 5) is 24.9. The maximum absolute atomic E-state index is 12.3. The number of carbonyl (C=O) groups excluding carboxylic acids is 1. The monoisotopic (exact) mass is 325 g/mol. The van der Waals surface area contributed by atoms with Gasteiger partial charge in [0.15, 0.2) is 0 Å². The zero-order valence-corrected chi connectivity index (χ0v) is 13.4. The number of rotatable bonds is 4. The van der Waals surface area contributed by atoms with E-state index in [0.717, 1.165) is 5.56 Å². The molecule has 1 heterocycles. The van der Waals surface area contributed by atoms with Gasteiger partial charge in [0, 0.05) is 32.3 Å². The summed E-state index contributed by atoms with van der Waals surface area (Å²) in [7, 11) is 1.63. The molecule has 6 heteroatoms. The number of nitro groups is 1. The van der Waals surface area contributed by atoms with Crippen molar-refractivity contribution < 1.29 is 9.72 Å². The first-order chi connectivity index (χ1) is 11.6. The molecule has 3 rings (SSSR count). The van der Waals surface area contributed by atoms with E-state index < -0.39 is 4.92 Å². The molecule has 0 unspecified atom stereocenters. The van der Waals surface area contributed by atoms with Gasteiger partial charge in [-0.1, -0.05) is 36.4 Å². The van der Waals surface area contributed by atoms with E-state index in [9.17, 15) is 14.9 Å². The molecule has 24 heavy (non-hydrogen) atoms. The Morgan fingerprint density at radius 3 is 2.71 bits per heavy atom. The fraction of sp³-hybridized carbons (Fsp3) is 0.278. The van der Waals surface area contributed by atoms with Crippen molar-refractivity contribution in [1.29, 1.82) is 0 Å². The van der Waals surface area contributed by atoms with Crippen molar-refractivity contribution in [3.05, 3.63) is 75.3 Å². The van der Waals surface area contributed by atoms with Crippen LogP contribution in [-0.4, -0.2) is 28.8 Å². The maximum Gasteiger partial charge on any atom is 0.269 e. The second kappa shape index (κ2) is 6.80. The molecule has 6 nitrogen and oxygen atoms in total. The van der Waals surface area contributed by atoms with Crippen LogP contribution in [0.2, 0.25) is 0 Å². The molecule has 2 aromatic rings. The lowest BCUT2D eigenvalue weighted by Gasteiger charge is -2.35. The highest BCUT2D eigenvalue weighted by Gasteiger charge is 2.30. The number of non-ortho nitro benzene ring substituents is 1. The average molecular weight is 325 g/mol. The predicted molar refractivity (Wildman–Crippen MR) is 90.3 cm³/mol. The van der Waals surface area contributed by atoms with Crippen LogP contribution < -0.4 is 5.32 Å². The summed E-state index contributed by atoms with van der Waals surface area (Å²) in [6, 6.07) is 14.4. The molecule has 1 atom stereocenters. The summed E-state index contributed by atoms with van der Waals surface area (Å²) in [6.07, 6.45) is 0.644. The van der Waals surface area contributed by atoms with Crippen molar-refractivity contribution in [2.45, 2.75) is 25.6 Å². The Morgan fingerprint density at radius 2 is 2.00 bits per heavy atom. The third-order valence-corrected chi connectivity index (χ3v) is 4.40. The van der Waals surface area contributed by atoms with Crippen molar-refractivity contribution in [2.75, 3.05) is 7.05 Å². The molecular weight excluding hydrogens is 306 g/mol. The summed E-state index contributed by atoms with van der Waals surface area (Å²) < 4.78 is 0. The summed E-state index contributed by atoms with van der Waals surface area (Å²) in [6.45, 7) is 1.14. The van der Waals surface area contributed by atoms with Crippen LogP contribution in [0.5, 0.6) is 0 Å². The van der Waals surface area contributed by atoms with E-state index in [1.165, 1.54) is 17.2 Å². The van der Waals surface area contributed by atoms with Crippen LogP contribution in [-0.2, 0) is 24.3 Å². The van der Waals surface area contributed by atoms with Gasteiger partial charge in [0.1, 0.15) is 0 Å². The molecule has 1 aliphatic heterocycles. The smallest absolute Gasteiger partial charge is 0.269 e. The van der Waals surface area contributed by atoms with Gasteiger partial charge in [-0.05, 0) is 23.1 Å². The van der Waals surface area contributed by atoms with Gasteiger partial charge in [-0.3, -0.25) is 19.8 Å². The van der Waals surface area contributed by atoms with Gasteiger partial charge in [-0.25, -0.2) is 0 Å². The molecule has 1 aliphatic rings. The highest BCUT2D eigenvalue weighted by molar-refractivity contribution is 5.82. The Morgan fingerprint density at radius 1 is 1.25 bits per heavy atom. The van der Waals surface area contributed by atoms with E-state index in [0.29, 0.717) is 19.5 Å². The van der Waals surface area contributed by atoms with Crippen molar-refractivity contribution in [3.8, 4) is 0 Å².